The molecule has 1 heterocycles. The lowest BCUT2D eigenvalue weighted by Gasteiger charge is -2.23. The fourth-order valence-corrected chi connectivity index (χ4v) is 4.70. The Bertz CT molecular complexity index is 750. The largest absolute Gasteiger partial charge is 0.338 e. The van der Waals surface area contributed by atoms with Gasteiger partial charge in [0.2, 0.25) is 0 Å². The van der Waals surface area contributed by atoms with Crippen LogP contribution >= 0.6 is 0 Å². The Labute approximate surface area is 124 Å². The van der Waals surface area contributed by atoms with E-state index in [0.717, 1.165) is 6.26 Å². The average molecular weight is 331 g/mol. The molecule has 0 spiro atoms. The molecule has 21 heavy (non-hydrogen) atoms. The van der Waals surface area contributed by atoms with Crippen LogP contribution in [-0.4, -0.2) is 58.5 Å². The van der Waals surface area contributed by atoms with E-state index in [1.807, 2.05) is 0 Å². The van der Waals surface area contributed by atoms with Gasteiger partial charge >= 0.3 is 0 Å². The normalized spacial score (nSPS) is 21.1. The van der Waals surface area contributed by atoms with Crippen molar-refractivity contribution in [3.63, 3.8) is 0 Å². The first-order valence-corrected chi connectivity index (χ1v) is 10.1. The van der Waals surface area contributed by atoms with Crippen molar-refractivity contribution in [1.82, 2.24) is 4.90 Å². The molecule has 8 heteroatoms. The van der Waals surface area contributed by atoms with Gasteiger partial charge < -0.3 is 4.90 Å². The highest BCUT2D eigenvalue weighted by atomic mass is 32.2. The molecule has 6 nitrogen and oxygen atoms in total. The molecule has 1 unspecified atom stereocenters. The summed E-state index contributed by atoms with van der Waals surface area (Å²) >= 11 is 0. The van der Waals surface area contributed by atoms with E-state index in [1.165, 1.54) is 29.2 Å². The maximum atomic E-state index is 12.3. The number of benzene rings is 1. The zero-order valence-electron chi connectivity index (χ0n) is 11.8. The van der Waals surface area contributed by atoms with Crippen molar-refractivity contribution < 1.29 is 21.6 Å². The van der Waals surface area contributed by atoms with Crippen molar-refractivity contribution in [2.45, 2.75) is 17.4 Å². The van der Waals surface area contributed by atoms with Gasteiger partial charge in [-0.15, -0.1) is 0 Å². The first-order valence-electron chi connectivity index (χ1n) is 6.38. The second kappa shape index (κ2) is 5.42. The second-order valence-electron chi connectivity index (χ2n) is 5.27. The van der Waals surface area contributed by atoms with Crippen molar-refractivity contribution in [2.75, 3.05) is 24.8 Å². The fourth-order valence-electron chi connectivity index (χ4n) is 2.30. The highest BCUT2D eigenvalue weighted by Gasteiger charge is 2.33. The summed E-state index contributed by atoms with van der Waals surface area (Å²) in [5, 5.41) is 0. The standard InChI is InChI=1S/C13H17NO5S2/c1-14(11-7-8-21(18,19)9-11)13(15)10-3-5-12(6-4-10)20(2,16)17/h3-6,11H,7-9H2,1-2H3. The predicted molar refractivity (Wildman–Crippen MR) is 78.7 cm³/mol. The molecular weight excluding hydrogens is 314 g/mol. The van der Waals surface area contributed by atoms with Crippen LogP contribution in [0.15, 0.2) is 29.2 Å². The van der Waals surface area contributed by atoms with Gasteiger partial charge in [-0.05, 0) is 30.7 Å². The molecule has 1 aliphatic heterocycles. The van der Waals surface area contributed by atoms with E-state index >= 15 is 0 Å². The van der Waals surface area contributed by atoms with Gasteiger partial charge in [-0.3, -0.25) is 4.79 Å². The number of hydrogen-bond donors (Lipinski definition) is 0. The number of carbonyl (C=O) groups excluding carboxylic acids is 1. The van der Waals surface area contributed by atoms with Gasteiger partial charge in [0.05, 0.1) is 16.4 Å². The first-order chi connectivity index (χ1) is 9.60. The maximum absolute atomic E-state index is 12.3. The molecule has 0 aromatic heterocycles. The van der Waals surface area contributed by atoms with Crippen molar-refractivity contribution in [2.24, 2.45) is 0 Å². The van der Waals surface area contributed by atoms with Crippen LogP contribution < -0.4 is 0 Å². The smallest absolute Gasteiger partial charge is 0.253 e. The molecule has 1 atom stereocenters. The van der Waals surface area contributed by atoms with E-state index in [4.69, 9.17) is 0 Å². The van der Waals surface area contributed by atoms with Crippen LogP contribution in [-0.2, 0) is 19.7 Å². The molecule has 1 fully saturated rings. The third kappa shape index (κ3) is 3.62. The van der Waals surface area contributed by atoms with E-state index in [9.17, 15) is 21.6 Å². The molecular formula is C13H17NO5S2. The van der Waals surface area contributed by atoms with E-state index in [1.54, 1.807) is 7.05 Å². The number of nitrogens with zero attached hydrogens (tertiary/aromatic N) is 1. The maximum Gasteiger partial charge on any atom is 0.253 e. The third-order valence-electron chi connectivity index (χ3n) is 3.61. The topological polar surface area (TPSA) is 88.6 Å². The van der Waals surface area contributed by atoms with Crippen molar-refractivity contribution in [3.05, 3.63) is 29.8 Å². The van der Waals surface area contributed by atoms with Gasteiger partial charge in [-0.1, -0.05) is 0 Å². The molecule has 0 N–H and O–H groups in total. The average Bonchev–Trinajstić information content (AvgIpc) is 2.76. The van der Waals surface area contributed by atoms with E-state index < -0.39 is 19.7 Å². The molecule has 1 saturated heterocycles. The first kappa shape index (κ1) is 16.0. The monoisotopic (exact) mass is 331 g/mol. The Kier molecular flexibility index (Phi) is 4.12. The molecule has 0 bridgehead atoms. The highest BCUT2D eigenvalue weighted by Crippen LogP contribution is 2.19. The molecule has 1 aromatic carbocycles. The van der Waals surface area contributed by atoms with Gasteiger partial charge in [-0.25, -0.2) is 16.8 Å². The van der Waals surface area contributed by atoms with Crippen molar-refractivity contribution in [3.8, 4) is 0 Å². The zero-order valence-corrected chi connectivity index (χ0v) is 13.4. The molecule has 1 aliphatic rings. The summed E-state index contributed by atoms with van der Waals surface area (Å²) in [6, 6.07) is 5.32. The number of rotatable bonds is 3. The number of amides is 1. The van der Waals surface area contributed by atoms with Crippen LogP contribution in [0.2, 0.25) is 0 Å². The molecule has 0 aliphatic carbocycles. The Morgan fingerprint density at radius 3 is 2.24 bits per heavy atom. The van der Waals surface area contributed by atoms with Crippen LogP contribution in [0.4, 0.5) is 0 Å². The third-order valence-corrected chi connectivity index (χ3v) is 6.48. The van der Waals surface area contributed by atoms with Gasteiger partial charge in [0.1, 0.15) is 0 Å². The van der Waals surface area contributed by atoms with Gasteiger partial charge in [-0.2, -0.15) is 0 Å². The van der Waals surface area contributed by atoms with Gasteiger partial charge in [0.15, 0.2) is 19.7 Å². The minimum absolute atomic E-state index is 0.0172. The minimum atomic E-state index is -3.30. The lowest BCUT2D eigenvalue weighted by molar-refractivity contribution is 0.0747. The minimum Gasteiger partial charge on any atom is -0.338 e. The van der Waals surface area contributed by atoms with Crippen LogP contribution in [0, 0.1) is 0 Å². The summed E-state index contributed by atoms with van der Waals surface area (Å²) < 4.78 is 45.6. The van der Waals surface area contributed by atoms with Crippen molar-refractivity contribution in [1.29, 1.82) is 0 Å². The summed E-state index contributed by atoms with van der Waals surface area (Å²) in [6.45, 7) is 0. The predicted octanol–water partition coefficient (Wildman–Crippen LogP) is 0.349. The summed E-state index contributed by atoms with van der Waals surface area (Å²) in [6.07, 6.45) is 1.53. The molecule has 1 amide bonds. The molecule has 0 radical (unpaired) electrons. The van der Waals surface area contributed by atoms with Crippen LogP contribution in [0.3, 0.4) is 0 Å². The summed E-state index contributed by atoms with van der Waals surface area (Å²) in [5.74, 6) is -0.226. The summed E-state index contributed by atoms with van der Waals surface area (Å²) in [5.41, 5.74) is 0.342. The lowest BCUT2D eigenvalue weighted by Crippen LogP contribution is -2.37. The fraction of sp³-hybridized carbons (Fsp3) is 0.462. The van der Waals surface area contributed by atoms with E-state index in [-0.39, 0.29) is 28.4 Å². The van der Waals surface area contributed by atoms with E-state index in [0.29, 0.717) is 12.0 Å². The SMILES string of the molecule is CN(C(=O)c1ccc(S(C)(=O)=O)cc1)C1CCS(=O)(=O)C1. The Balaban J connectivity index is 2.17. The molecule has 1 aromatic rings. The second-order valence-corrected chi connectivity index (χ2v) is 9.51. The number of carbonyl (C=O) groups is 1. The van der Waals surface area contributed by atoms with Crippen molar-refractivity contribution >= 4 is 25.6 Å². The van der Waals surface area contributed by atoms with Gasteiger partial charge in [0, 0.05) is 24.9 Å². The van der Waals surface area contributed by atoms with Gasteiger partial charge in [0.25, 0.3) is 5.91 Å². The highest BCUT2D eigenvalue weighted by molar-refractivity contribution is 7.91. The van der Waals surface area contributed by atoms with Crippen LogP contribution in [0.1, 0.15) is 16.8 Å². The van der Waals surface area contributed by atoms with Crippen LogP contribution in [0.25, 0.3) is 0 Å². The molecule has 116 valence electrons. The lowest BCUT2D eigenvalue weighted by atomic mass is 10.1. The quantitative estimate of drug-likeness (QED) is 0.797. The molecule has 0 saturated carbocycles. The zero-order chi connectivity index (χ0) is 15.8. The number of sulfone groups is 2. The molecule has 2 rings (SSSR count). The Hall–Kier alpha value is -1.41. The summed E-state index contributed by atoms with van der Waals surface area (Å²) in [4.78, 5) is 13.8. The summed E-state index contributed by atoms with van der Waals surface area (Å²) in [7, 11) is -4.79. The Morgan fingerprint density at radius 1 is 1.24 bits per heavy atom. The Morgan fingerprint density at radius 2 is 1.81 bits per heavy atom. The van der Waals surface area contributed by atoms with Crippen LogP contribution in [0.5, 0.6) is 0 Å². The van der Waals surface area contributed by atoms with E-state index in [2.05, 4.69) is 0 Å². The number of hydrogen-bond acceptors (Lipinski definition) is 5.